The molecule has 0 fully saturated rings. The van der Waals surface area contributed by atoms with Crippen molar-refractivity contribution in [1.29, 1.82) is 0 Å². The normalized spacial score (nSPS) is 16.6. The van der Waals surface area contributed by atoms with Crippen LogP contribution in [-0.2, 0) is 0 Å². The lowest BCUT2D eigenvalue weighted by molar-refractivity contribution is 0.268. The third kappa shape index (κ3) is 2.68. The number of likely N-dealkylation sites (N-methyl/N-ethyl adjacent to an activating group) is 1. The number of nitrogens with one attached hydrogen (secondary N) is 1. The van der Waals surface area contributed by atoms with E-state index >= 15 is 0 Å². The average molecular weight is 266 g/mol. The zero-order chi connectivity index (χ0) is 13.0. The Morgan fingerprint density at radius 1 is 1.33 bits per heavy atom. The first-order chi connectivity index (χ1) is 8.77. The van der Waals surface area contributed by atoms with Gasteiger partial charge in [-0.15, -0.1) is 0 Å². The van der Waals surface area contributed by atoms with Crippen LogP contribution in [0.4, 0.5) is 0 Å². The molecular formula is C14H20ClN3. The second-order valence-corrected chi connectivity index (χ2v) is 4.75. The minimum atomic E-state index is 0.149. The van der Waals surface area contributed by atoms with Crippen LogP contribution in [0.3, 0.4) is 0 Å². The van der Waals surface area contributed by atoms with E-state index in [1.165, 1.54) is 0 Å². The van der Waals surface area contributed by atoms with E-state index in [-0.39, 0.29) is 6.04 Å². The zero-order valence-electron chi connectivity index (χ0n) is 11.0. The fourth-order valence-electron chi connectivity index (χ4n) is 2.40. The van der Waals surface area contributed by atoms with Crippen molar-refractivity contribution in [1.82, 2.24) is 10.2 Å². The van der Waals surface area contributed by atoms with Crippen molar-refractivity contribution >= 4 is 17.4 Å². The number of rotatable bonds is 5. The van der Waals surface area contributed by atoms with Crippen molar-refractivity contribution in [2.45, 2.75) is 19.9 Å². The van der Waals surface area contributed by atoms with Gasteiger partial charge in [-0.25, -0.2) is 0 Å². The maximum atomic E-state index is 6.35. The van der Waals surface area contributed by atoms with Crippen molar-refractivity contribution in [2.24, 2.45) is 4.99 Å². The third-order valence-electron chi connectivity index (χ3n) is 3.34. The van der Waals surface area contributed by atoms with E-state index < -0.39 is 0 Å². The number of aliphatic imine (C=N–C) groups is 1. The van der Waals surface area contributed by atoms with Gasteiger partial charge in [0.05, 0.1) is 12.6 Å². The lowest BCUT2D eigenvalue weighted by Crippen LogP contribution is -2.39. The highest BCUT2D eigenvalue weighted by atomic mass is 35.5. The Kier molecular flexibility index (Phi) is 4.61. The van der Waals surface area contributed by atoms with Crippen molar-refractivity contribution in [3.05, 3.63) is 34.9 Å². The standard InChI is InChI=1S/C14H20ClN3/c1-3-18(4-2)13(14-16-9-10-17-14)11-7-5-6-8-12(11)15/h5-8,13H,3-4,9-10H2,1-2H3,(H,16,17). The highest BCUT2D eigenvalue weighted by Crippen LogP contribution is 2.28. The number of halogens is 1. The number of hydrogen-bond acceptors (Lipinski definition) is 3. The zero-order valence-corrected chi connectivity index (χ0v) is 11.7. The molecule has 0 aliphatic carbocycles. The van der Waals surface area contributed by atoms with Gasteiger partial charge in [0.15, 0.2) is 0 Å². The summed E-state index contributed by atoms with van der Waals surface area (Å²) in [7, 11) is 0. The van der Waals surface area contributed by atoms with Crippen LogP contribution in [0.5, 0.6) is 0 Å². The summed E-state index contributed by atoms with van der Waals surface area (Å²) in [5, 5.41) is 4.19. The topological polar surface area (TPSA) is 27.6 Å². The summed E-state index contributed by atoms with van der Waals surface area (Å²) in [6, 6.07) is 8.19. The fourth-order valence-corrected chi connectivity index (χ4v) is 2.64. The Morgan fingerprint density at radius 2 is 2.06 bits per heavy atom. The average Bonchev–Trinajstić information content (AvgIpc) is 2.90. The van der Waals surface area contributed by atoms with Crippen LogP contribution in [0.2, 0.25) is 5.02 Å². The molecule has 4 heteroatoms. The van der Waals surface area contributed by atoms with Gasteiger partial charge in [0.1, 0.15) is 5.84 Å². The molecule has 1 aliphatic heterocycles. The highest BCUT2D eigenvalue weighted by Gasteiger charge is 2.26. The van der Waals surface area contributed by atoms with Crippen LogP contribution in [0.15, 0.2) is 29.3 Å². The number of benzene rings is 1. The van der Waals surface area contributed by atoms with E-state index in [1.807, 2.05) is 18.2 Å². The maximum absolute atomic E-state index is 6.35. The molecule has 1 aliphatic rings. The third-order valence-corrected chi connectivity index (χ3v) is 3.68. The van der Waals surface area contributed by atoms with Gasteiger partial charge in [-0.1, -0.05) is 43.6 Å². The van der Waals surface area contributed by atoms with Gasteiger partial charge in [0.25, 0.3) is 0 Å². The molecule has 0 aromatic heterocycles. The first-order valence-corrected chi connectivity index (χ1v) is 6.92. The summed E-state index contributed by atoms with van der Waals surface area (Å²) in [6.07, 6.45) is 0. The van der Waals surface area contributed by atoms with Crippen molar-refractivity contribution in [2.75, 3.05) is 26.2 Å². The van der Waals surface area contributed by atoms with Crippen molar-refractivity contribution in [3.8, 4) is 0 Å². The van der Waals surface area contributed by atoms with E-state index in [1.54, 1.807) is 0 Å². The summed E-state index contributed by atoms with van der Waals surface area (Å²) in [5.74, 6) is 1.05. The number of amidine groups is 1. The smallest absolute Gasteiger partial charge is 0.119 e. The fraction of sp³-hybridized carbons (Fsp3) is 0.500. The Bertz CT molecular complexity index is 427. The Hall–Kier alpha value is -1.06. The van der Waals surface area contributed by atoms with Gasteiger partial charge >= 0.3 is 0 Å². The van der Waals surface area contributed by atoms with E-state index in [4.69, 9.17) is 11.6 Å². The molecular weight excluding hydrogens is 246 g/mol. The second kappa shape index (κ2) is 6.21. The van der Waals surface area contributed by atoms with Crippen LogP contribution in [-0.4, -0.2) is 36.9 Å². The van der Waals surface area contributed by atoms with E-state index in [9.17, 15) is 0 Å². The molecule has 0 spiro atoms. The molecule has 98 valence electrons. The molecule has 1 unspecified atom stereocenters. The summed E-state index contributed by atoms with van der Waals surface area (Å²) in [4.78, 5) is 6.95. The second-order valence-electron chi connectivity index (χ2n) is 4.34. The van der Waals surface area contributed by atoms with Crippen molar-refractivity contribution in [3.63, 3.8) is 0 Å². The molecule has 0 bridgehead atoms. The van der Waals surface area contributed by atoms with Gasteiger partial charge in [0, 0.05) is 11.6 Å². The molecule has 3 nitrogen and oxygen atoms in total. The molecule has 1 aromatic carbocycles. The minimum absolute atomic E-state index is 0.149. The molecule has 0 saturated heterocycles. The van der Waals surface area contributed by atoms with E-state index in [2.05, 4.69) is 35.1 Å². The van der Waals surface area contributed by atoms with Gasteiger partial charge < -0.3 is 5.32 Å². The number of nitrogens with zero attached hydrogens (tertiary/aromatic N) is 2. The van der Waals surface area contributed by atoms with Crippen LogP contribution in [0.25, 0.3) is 0 Å². The monoisotopic (exact) mass is 265 g/mol. The molecule has 1 atom stereocenters. The molecule has 1 N–H and O–H groups in total. The maximum Gasteiger partial charge on any atom is 0.119 e. The van der Waals surface area contributed by atoms with E-state index in [0.717, 1.165) is 42.6 Å². The molecule has 0 saturated carbocycles. The van der Waals surface area contributed by atoms with Crippen LogP contribution >= 0.6 is 11.6 Å². The Balaban J connectivity index is 2.38. The van der Waals surface area contributed by atoms with Gasteiger partial charge in [-0.3, -0.25) is 9.89 Å². The Labute approximate surface area is 114 Å². The predicted octanol–water partition coefficient (Wildman–Crippen LogP) is 2.72. The molecule has 0 amide bonds. The largest absolute Gasteiger partial charge is 0.370 e. The van der Waals surface area contributed by atoms with Crippen LogP contribution in [0.1, 0.15) is 25.5 Å². The lowest BCUT2D eigenvalue weighted by Gasteiger charge is -2.30. The highest BCUT2D eigenvalue weighted by molar-refractivity contribution is 6.31. The summed E-state index contributed by atoms with van der Waals surface area (Å²) < 4.78 is 0. The van der Waals surface area contributed by atoms with Crippen molar-refractivity contribution < 1.29 is 0 Å². The van der Waals surface area contributed by atoms with Crippen LogP contribution in [0, 0.1) is 0 Å². The molecule has 1 aromatic rings. The molecule has 0 radical (unpaired) electrons. The lowest BCUT2D eigenvalue weighted by atomic mass is 10.0. The minimum Gasteiger partial charge on any atom is -0.370 e. The summed E-state index contributed by atoms with van der Waals surface area (Å²) >= 11 is 6.35. The Morgan fingerprint density at radius 3 is 2.61 bits per heavy atom. The summed E-state index contributed by atoms with van der Waals surface area (Å²) in [5.41, 5.74) is 1.14. The first-order valence-electron chi connectivity index (χ1n) is 6.54. The van der Waals surface area contributed by atoms with Gasteiger partial charge in [-0.2, -0.15) is 0 Å². The number of hydrogen-bond donors (Lipinski definition) is 1. The van der Waals surface area contributed by atoms with E-state index in [0.29, 0.717) is 0 Å². The molecule has 2 rings (SSSR count). The SMILES string of the molecule is CCN(CC)C(C1=NCCN1)c1ccccc1Cl. The van der Waals surface area contributed by atoms with Crippen LogP contribution < -0.4 is 5.32 Å². The molecule has 1 heterocycles. The molecule has 18 heavy (non-hydrogen) atoms. The summed E-state index contributed by atoms with van der Waals surface area (Å²) in [6.45, 7) is 8.08. The van der Waals surface area contributed by atoms with Gasteiger partial charge in [0.2, 0.25) is 0 Å². The predicted molar refractivity (Wildman–Crippen MR) is 77.4 cm³/mol. The van der Waals surface area contributed by atoms with Gasteiger partial charge in [-0.05, 0) is 24.7 Å². The first kappa shape index (κ1) is 13.4. The quantitative estimate of drug-likeness (QED) is 0.887.